The van der Waals surface area contributed by atoms with Crippen molar-refractivity contribution in [3.63, 3.8) is 0 Å². The lowest BCUT2D eigenvalue weighted by Crippen LogP contribution is -2.41. The van der Waals surface area contributed by atoms with E-state index in [4.69, 9.17) is 5.26 Å². The third-order valence-electron chi connectivity index (χ3n) is 2.48. The van der Waals surface area contributed by atoms with E-state index in [1.54, 1.807) is 29.0 Å². The molecule has 5 nitrogen and oxygen atoms in total. The van der Waals surface area contributed by atoms with Crippen LogP contribution in [0.15, 0.2) is 35.4 Å². The van der Waals surface area contributed by atoms with Crippen molar-refractivity contribution >= 4 is 11.9 Å². The van der Waals surface area contributed by atoms with Crippen molar-refractivity contribution in [2.24, 2.45) is 0 Å². The molecular formula is C12H10N3O2+. The number of hydrogen-bond donors (Lipinski definition) is 0. The lowest BCUT2D eigenvalue weighted by molar-refractivity contribution is -0.673. The maximum atomic E-state index is 11.8. The van der Waals surface area contributed by atoms with E-state index in [0.29, 0.717) is 24.9 Å². The van der Waals surface area contributed by atoms with Crippen LogP contribution < -0.4 is 10.1 Å². The van der Waals surface area contributed by atoms with Gasteiger partial charge in [-0.2, -0.15) is 9.66 Å². The molecule has 2 rings (SSSR count). The topological polar surface area (TPSA) is 66.2 Å². The zero-order chi connectivity index (χ0) is 12.3. The number of pyridine rings is 1. The molecule has 5 heteroatoms. The lowest BCUT2D eigenvalue weighted by atomic mass is 10.3. The van der Waals surface area contributed by atoms with Crippen molar-refractivity contribution in [1.82, 2.24) is 4.40 Å². The fourth-order valence-electron chi connectivity index (χ4n) is 1.70. The summed E-state index contributed by atoms with van der Waals surface area (Å²) in [6, 6.07) is 7.33. The molecule has 0 atom stereocenters. The van der Waals surface area contributed by atoms with Crippen LogP contribution in [0, 0.1) is 11.3 Å². The van der Waals surface area contributed by atoms with E-state index in [-0.39, 0.29) is 11.1 Å². The summed E-state index contributed by atoms with van der Waals surface area (Å²) < 4.78 is 3.13. The molecule has 0 aromatic carbocycles. The van der Waals surface area contributed by atoms with Gasteiger partial charge < -0.3 is 0 Å². The number of nitriles is 1. The maximum absolute atomic E-state index is 11.8. The third kappa shape index (κ3) is 1.93. The molecule has 0 N–H and O–H groups in total. The van der Waals surface area contributed by atoms with Gasteiger partial charge in [-0.1, -0.05) is 6.07 Å². The number of hydrogen-bond acceptors (Lipinski definition) is 3. The van der Waals surface area contributed by atoms with E-state index in [1.165, 1.54) is 10.6 Å². The van der Waals surface area contributed by atoms with Crippen molar-refractivity contribution in [2.45, 2.75) is 13.0 Å². The Kier molecular flexibility index (Phi) is 2.97. The van der Waals surface area contributed by atoms with Gasteiger partial charge in [0, 0.05) is 6.07 Å². The first kappa shape index (κ1) is 11.0. The number of aromatic nitrogens is 2. The first-order valence-corrected chi connectivity index (χ1v) is 5.14. The van der Waals surface area contributed by atoms with Crippen molar-refractivity contribution in [2.75, 3.05) is 0 Å². The van der Waals surface area contributed by atoms with Crippen LogP contribution in [-0.2, 0) is 6.54 Å². The first-order chi connectivity index (χ1) is 8.27. The number of carbonyl (C=O) groups excluding carboxylic acids is 1. The molecule has 2 aromatic heterocycles. The largest absolute Gasteiger partial charge is 0.352 e. The molecule has 0 saturated carbocycles. The monoisotopic (exact) mass is 228 g/mol. The van der Waals surface area contributed by atoms with Crippen LogP contribution in [0.1, 0.15) is 16.8 Å². The predicted molar refractivity (Wildman–Crippen MR) is 59.5 cm³/mol. The van der Waals surface area contributed by atoms with Gasteiger partial charge in [0.1, 0.15) is 18.3 Å². The second-order valence-corrected chi connectivity index (χ2v) is 3.54. The number of fused-ring (bicyclic) bond motifs is 1. The predicted octanol–water partition coefficient (Wildman–Crippen LogP) is 0.313. The summed E-state index contributed by atoms with van der Waals surface area (Å²) in [5.41, 5.74) is 0.411. The quantitative estimate of drug-likeness (QED) is 0.561. The van der Waals surface area contributed by atoms with E-state index in [1.807, 2.05) is 6.07 Å². The molecule has 0 aliphatic rings. The second kappa shape index (κ2) is 4.58. The molecule has 0 aliphatic carbocycles. The molecule has 0 spiro atoms. The fourth-order valence-corrected chi connectivity index (χ4v) is 1.70. The smallest absolute Gasteiger partial charge is 0.297 e. The highest BCUT2D eigenvalue weighted by Gasteiger charge is 2.14. The molecule has 0 unspecified atom stereocenters. The third-order valence-corrected chi connectivity index (χ3v) is 2.48. The summed E-state index contributed by atoms with van der Waals surface area (Å²) >= 11 is 0. The van der Waals surface area contributed by atoms with Crippen molar-refractivity contribution in [3.05, 3.63) is 46.5 Å². The van der Waals surface area contributed by atoms with Gasteiger partial charge in [-0.05, 0) is 6.07 Å². The summed E-state index contributed by atoms with van der Waals surface area (Å²) in [6.07, 6.45) is 3.95. The average molecular weight is 228 g/mol. The van der Waals surface area contributed by atoms with E-state index in [2.05, 4.69) is 0 Å². The molecule has 84 valence electrons. The SMILES string of the molecule is N#CCC[n+]1cc(C=O)c(=O)n2ccccc21. The zero-order valence-electron chi connectivity index (χ0n) is 9.04. The Morgan fingerprint density at radius 1 is 1.47 bits per heavy atom. The number of rotatable bonds is 3. The molecule has 0 fully saturated rings. The Labute approximate surface area is 97.2 Å². The Morgan fingerprint density at radius 2 is 2.29 bits per heavy atom. The minimum absolute atomic E-state index is 0.0895. The number of nitrogens with zero attached hydrogens (tertiary/aromatic N) is 3. The minimum Gasteiger partial charge on any atom is -0.297 e. The molecule has 0 radical (unpaired) electrons. The maximum Gasteiger partial charge on any atom is 0.352 e. The summed E-state index contributed by atoms with van der Waals surface area (Å²) in [4.78, 5) is 22.6. The number of aryl methyl sites for hydroxylation is 1. The Bertz CT molecular complexity index is 667. The summed E-state index contributed by atoms with van der Waals surface area (Å²) in [5, 5.41) is 8.58. The van der Waals surface area contributed by atoms with Crippen LogP contribution in [0.4, 0.5) is 0 Å². The Morgan fingerprint density at radius 3 is 3.00 bits per heavy atom. The van der Waals surface area contributed by atoms with Gasteiger partial charge in [0.2, 0.25) is 0 Å². The van der Waals surface area contributed by atoms with E-state index < -0.39 is 0 Å². The number of aldehydes is 1. The molecule has 17 heavy (non-hydrogen) atoms. The van der Waals surface area contributed by atoms with E-state index in [0.717, 1.165) is 0 Å². The van der Waals surface area contributed by atoms with Crippen LogP contribution in [0.25, 0.3) is 5.65 Å². The molecule has 2 aromatic rings. The van der Waals surface area contributed by atoms with Crippen LogP contribution >= 0.6 is 0 Å². The standard InChI is InChI=1S/C12H10N3O2/c13-5-3-6-14-8-10(9-16)12(17)15-7-2-1-4-11(14)15/h1-2,4,7-9H,3,6H2/q+1. The summed E-state index contributed by atoms with van der Waals surface area (Å²) in [5.74, 6) is 0. The van der Waals surface area contributed by atoms with Crippen molar-refractivity contribution in [1.29, 1.82) is 5.26 Å². The van der Waals surface area contributed by atoms with Crippen molar-refractivity contribution < 1.29 is 9.36 Å². The molecule has 0 bridgehead atoms. The normalized spacial score (nSPS) is 10.1. The molecular weight excluding hydrogens is 218 g/mol. The highest BCUT2D eigenvalue weighted by molar-refractivity contribution is 5.73. The van der Waals surface area contributed by atoms with Gasteiger partial charge in [-0.3, -0.25) is 4.79 Å². The van der Waals surface area contributed by atoms with Crippen LogP contribution in [0.3, 0.4) is 0 Å². The van der Waals surface area contributed by atoms with E-state index >= 15 is 0 Å². The second-order valence-electron chi connectivity index (χ2n) is 3.54. The number of carbonyl (C=O) groups is 1. The van der Waals surface area contributed by atoms with Gasteiger partial charge in [0.25, 0.3) is 5.65 Å². The minimum atomic E-state index is -0.344. The molecule has 2 heterocycles. The Balaban J connectivity index is 2.74. The first-order valence-electron chi connectivity index (χ1n) is 5.14. The molecule has 0 aliphatic heterocycles. The van der Waals surface area contributed by atoms with Gasteiger partial charge in [-0.15, -0.1) is 0 Å². The lowest BCUT2D eigenvalue weighted by Gasteiger charge is -2.01. The Hall–Kier alpha value is -2.48. The fraction of sp³-hybridized carbons (Fsp3) is 0.167. The average Bonchev–Trinajstić information content (AvgIpc) is 2.38. The van der Waals surface area contributed by atoms with Crippen LogP contribution in [0.5, 0.6) is 0 Å². The summed E-state index contributed by atoms with van der Waals surface area (Å²) in [7, 11) is 0. The molecule has 0 amide bonds. The van der Waals surface area contributed by atoms with Gasteiger partial charge in [0.05, 0.1) is 18.7 Å². The molecule has 0 saturated heterocycles. The summed E-state index contributed by atoms with van der Waals surface area (Å²) in [6.45, 7) is 0.450. The van der Waals surface area contributed by atoms with Crippen LogP contribution in [0.2, 0.25) is 0 Å². The van der Waals surface area contributed by atoms with Gasteiger partial charge in [-0.25, -0.2) is 9.36 Å². The highest BCUT2D eigenvalue weighted by Crippen LogP contribution is 1.95. The zero-order valence-corrected chi connectivity index (χ0v) is 9.04. The van der Waals surface area contributed by atoms with Crippen molar-refractivity contribution in [3.8, 4) is 6.07 Å². The van der Waals surface area contributed by atoms with Gasteiger partial charge in [0.15, 0.2) is 6.29 Å². The van der Waals surface area contributed by atoms with Gasteiger partial charge >= 0.3 is 5.56 Å². The van der Waals surface area contributed by atoms with E-state index in [9.17, 15) is 9.59 Å². The highest BCUT2D eigenvalue weighted by atomic mass is 16.1. The van der Waals surface area contributed by atoms with Crippen LogP contribution in [-0.4, -0.2) is 10.7 Å².